The van der Waals surface area contributed by atoms with Gasteiger partial charge in [0.25, 0.3) is 0 Å². The van der Waals surface area contributed by atoms with Crippen LogP contribution in [0.4, 0.5) is 0 Å². The molecule has 1 N–H and O–H groups in total. The van der Waals surface area contributed by atoms with Crippen molar-refractivity contribution < 1.29 is 4.79 Å². The summed E-state index contributed by atoms with van der Waals surface area (Å²) in [6.45, 7) is 3.85. The molecular weight excluding hydrogens is 186 g/mol. The Morgan fingerprint density at radius 1 is 1.13 bits per heavy atom. The number of hydrogen-bond donors (Lipinski definition) is 1. The van der Waals surface area contributed by atoms with Gasteiger partial charge >= 0.3 is 0 Å². The predicted octanol–water partition coefficient (Wildman–Crippen LogP) is 1.66. The molecule has 0 aromatic rings. The molecule has 5 aliphatic rings. The lowest BCUT2D eigenvalue weighted by atomic mass is 9.83. The van der Waals surface area contributed by atoms with Crippen molar-refractivity contribution in [3.63, 3.8) is 0 Å². The number of amides is 1. The second-order valence-electron chi connectivity index (χ2n) is 6.35. The Balaban J connectivity index is 1.54. The summed E-state index contributed by atoms with van der Waals surface area (Å²) in [6, 6.07) is 0.417. The van der Waals surface area contributed by atoms with E-state index in [0.29, 0.717) is 6.04 Å². The van der Waals surface area contributed by atoms with E-state index < -0.39 is 0 Å². The summed E-state index contributed by atoms with van der Waals surface area (Å²) < 4.78 is 0. The van der Waals surface area contributed by atoms with Crippen molar-refractivity contribution in [1.29, 1.82) is 0 Å². The van der Waals surface area contributed by atoms with Crippen molar-refractivity contribution in [2.24, 2.45) is 41.4 Å². The third kappa shape index (κ3) is 0.857. The van der Waals surface area contributed by atoms with E-state index >= 15 is 0 Å². The Labute approximate surface area is 90.8 Å². The molecule has 5 rings (SSSR count). The standard InChI is InChI=1S/C13H19NO/c1-5(14-6(2)15)7-3-8-9-4-10-12(8)13(10)11(7)9/h5,7-13H,3-4H2,1-2H3,(H,14,15). The second kappa shape index (κ2) is 2.41. The highest BCUT2D eigenvalue weighted by Crippen LogP contribution is 2.82. The summed E-state index contributed by atoms with van der Waals surface area (Å²) in [4.78, 5) is 11.1. The minimum Gasteiger partial charge on any atom is -0.354 e. The Morgan fingerprint density at radius 2 is 1.87 bits per heavy atom. The first kappa shape index (κ1) is 8.60. The van der Waals surface area contributed by atoms with Gasteiger partial charge in [0, 0.05) is 13.0 Å². The molecular formula is C13H19NO. The van der Waals surface area contributed by atoms with Crippen LogP contribution in [-0.2, 0) is 4.79 Å². The predicted molar refractivity (Wildman–Crippen MR) is 56.9 cm³/mol. The Morgan fingerprint density at radius 3 is 2.40 bits per heavy atom. The maximum atomic E-state index is 11.1. The molecule has 5 fully saturated rings. The van der Waals surface area contributed by atoms with Crippen LogP contribution in [0, 0.1) is 41.4 Å². The third-order valence-electron chi connectivity index (χ3n) is 5.93. The molecule has 2 nitrogen and oxygen atoms in total. The van der Waals surface area contributed by atoms with Crippen LogP contribution in [0.3, 0.4) is 0 Å². The van der Waals surface area contributed by atoms with Gasteiger partial charge in [-0.2, -0.15) is 0 Å². The Bertz CT molecular complexity index is 339. The monoisotopic (exact) mass is 205 g/mol. The molecule has 5 aliphatic carbocycles. The van der Waals surface area contributed by atoms with Gasteiger partial charge in [-0.15, -0.1) is 0 Å². The van der Waals surface area contributed by atoms with Gasteiger partial charge in [0.1, 0.15) is 0 Å². The minimum absolute atomic E-state index is 0.143. The minimum atomic E-state index is 0.143. The van der Waals surface area contributed by atoms with Gasteiger partial charge < -0.3 is 5.32 Å². The molecule has 0 heterocycles. The first-order valence-electron chi connectivity index (χ1n) is 6.45. The molecule has 15 heavy (non-hydrogen) atoms. The molecule has 0 aromatic carbocycles. The maximum absolute atomic E-state index is 11.1. The fourth-order valence-electron chi connectivity index (χ4n) is 5.76. The van der Waals surface area contributed by atoms with E-state index in [-0.39, 0.29) is 5.91 Å². The van der Waals surface area contributed by atoms with Crippen LogP contribution >= 0.6 is 0 Å². The van der Waals surface area contributed by atoms with Crippen molar-refractivity contribution in [3.8, 4) is 0 Å². The summed E-state index contributed by atoms with van der Waals surface area (Å²) >= 11 is 0. The topological polar surface area (TPSA) is 29.1 Å². The largest absolute Gasteiger partial charge is 0.354 e. The van der Waals surface area contributed by atoms with E-state index in [1.807, 2.05) is 0 Å². The lowest BCUT2D eigenvalue weighted by Gasteiger charge is -2.28. The van der Waals surface area contributed by atoms with Gasteiger partial charge in [-0.25, -0.2) is 0 Å². The van der Waals surface area contributed by atoms with E-state index in [1.165, 1.54) is 12.8 Å². The first-order chi connectivity index (χ1) is 7.18. The molecule has 8 atom stereocenters. The van der Waals surface area contributed by atoms with Crippen LogP contribution < -0.4 is 5.32 Å². The molecule has 0 aliphatic heterocycles. The smallest absolute Gasteiger partial charge is 0.217 e. The van der Waals surface area contributed by atoms with Crippen LogP contribution in [0.25, 0.3) is 0 Å². The highest BCUT2D eigenvalue weighted by atomic mass is 16.1. The van der Waals surface area contributed by atoms with Crippen LogP contribution in [0.1, 0.15) is 26.7 Å². The highest BCUT2D eigenvalue weighted by Gasteiger charge is 2.77. The van der Waals surface area contributed by atoms with Crippen molar-refractivity contribution in [1.82, 2.24) is 5.32 Å². The number of hydrogen-bond acceptors (Lipinski definition) is 1. The summed E-state index contributed by atoms with van der Waals surface area (Å²) in [6.07, 6.45) is 2.95. The Kier molecular flexibility index (Phi) is 1.38. The normalized spacial score (nSPS) is 59.5. The van der Waals surface area contributed by atoms with Crippen molar-refractivity contribution in [3.05, 3.63) is 0 Å². The molecule has 0 radical (unpaired) electrons. The fourth-order valence-corrected chi connectivity index (χ4v) is 5.76. The van der Waals surface area contributed by atoms with E-state index in [9.17, 15) is 4.79 Å². The van der Waals surface area contributed by atoms with Gasteiger partial charge in [0.2, 0.25) is 5.91 Å². The molecule has 0 aromatic heterocycles. The highest BCUT2D eigenvalue weighted by molar-refractivity contribution is 5.73. The van der Waals surface area contributed by atoms with Crippen molar-refractivity contribution >= 4 is 5.91 Å². The molecule has 8 unspecified atom stereocenters. The van der Waals surface area contributed by atoms with Gasteiger partial charge in [-0.05, 0) is 61.2 Å². The zero-order valence-electron chi connectivity index (χ0n) is 9.44. The first-order valence-corrected chi connectivity index (χ1v) is 6.45. The van der Waals surface area contributed by atoms with E-state index in [1.54, 1.807) is 6.92 Å². The molecule has 5 saturated carbocycles. The SMILES string of the molecule is CC(=O)NC(C)C1CC2C3CC4C2C4C13. The van der Waals surface area contributed by atoms with Crippen LogP contribution in [0.5, 0.6) is 0 Å². The van der Waals surface area contributed by atoms with E-state index in [4.69, 9.17) is 0 Å². The summed E-state index contributed by atoms with van der Waals surface area (Å²) in [5.41, 5.74) is 0. The number of nitrogens with one attached hydrogen (secondary N) is 1. The van der Waals surface area contributed by atoms with Crippen LogP contribution in [0.15, 0.2) is 0 Å². The molecule has 82 valence electrons. The van der Waals surface area contributed by atoms with Gasteiger partial charge in [-0.1, -0.05) is 0 Å². The maximum Gasteiger partial charge on any atom is 0.217 e. The van der Waals surface area contributed by atoms with Crippen molar-refractivity contribution in [2.45, 2.75) is 32.7 Å². The van der Waals surface area contributed by atoms with Crippen molar-refractivity contribution in [2.75, 3.05) is 0 Å². The zero-order chi connectivity index (χ0) is 10.3. The van der Waals surface area contributed by atoms with Gasteiger partial charge in [-0.3, -0.25) is 4.79 Å². The lowest BCUT2D eigenvalue weighted by Crippen LogP contribution is -2.39. The Hall–Kier alpha value is -0.530. The average molecular weight is 205 g/mol. The number of rotatable bonds is 2. The fraction of sp³-hybridized carbons (Fsp3) is 0.923. The summed E-state index contributed by atoms with van der Waals surface area (Å²) in [7, 11) is 0. The molecule has 1 amide bonds. The van der Waals surface area contributed by atoms with Gasteiger partial charge in [0.15, 0.2) is 0 Å². The van der Waals surface area contributed by atoms with Crippen LogP contribution in [-0.4, -0.2) is 11.9 Å². The summed E-state index contributed by atoms with van der Waals surface area (Å²) in [5, 5.41) is 3.11. The van der Waals surface area contributed by atoms with Crippen LogP contribution in [0.2, 0.25) is 0 Å². The summed E-state index contributed by atoms with van der Waals surface area (Å²) in [5.74, 6) is 7.42. The molecule has 0 spiro atoms. The average Bonchev–Trinajstić information content (AvgIpc) is 2.56. The number of carbonyl (C=O) groups is 1. The van der Waals surface area contributed by atoms with E-state index in [0.717, 1.165) is 41.4 Å². The lowest BCUT2D eigenvalue weighted by molar-refractivity contribution is -0.120. The quantitative estimate of drug-likeness (QED) is 0.730. The van der Waals surface area contributed by atoms with E-state index in [2.05, 4.69) is 12.2 Å². The third-order valence-corrected chi connectivity index (χ3v) is 5.93. The zero-order valence-corrected chi connectivity index (χ0v) is 9.44. The molecule has 2 heteroatoms. The second-order valence-corrected chi connectivity index (χ2v) is 6.35. The molecule has 6 bridgehead atoms. The molecule has 0 saturated heterocycles. The number of carbonyl (C=O) groups excluding carboxylic acids is 1. The van der Waals surface area contributed by atoms with Gasteiger partial charge in [0.05, 0.1) is 0 Å².